The normalized spacial score (nSPS) is 26.7. The van der Waals surface area contributed by atoms with Crippen LogP contribution in [0.1, 0.15) is 13.8 Å². The molecule has 0 saturated carbocycles. The van der Waals surface area contributed by atoms with Gasteiger partial charge in [-0.15, -0.1) is 0 Å². The van der Waals surface area contributed by atoms with E-state index in [9.17, 15) is 0 Å². The molecule has 1 aromatic rings. The second-order valence-corrected chi connectivity index (χ2v) is 3.96. The Labute approximate surface area is 89.3 Å². The van der Waals surface area contributed by atoms with Crippen LogP contribution in [-0.2, 0) is 4.74 Å². The Bertz CT molecular complexity index is 334. The first kappa shape index (κ1) is 10.2. The largest absolute Gasteiger partial charge is 0.382 e. The summed E-state index contributed by atoms with van der Waals surface area (Å²) < 4.78 is 5.65. The third kappa shape index (κ3) is 2.36. The minimum Gasteiger partial charge on any atom is -0.382 e. The fraction of sp³-hybridized carbons (Fsp3) is 0.600. The minimum absolute atomic E-state index is 0.219. The number of nitrogens with two attached hydrogens (primary N) is 1. The van der Waals surface area contributed by atoms with Crippen LogP contribution in [0.4, 0.5) is 11.6 Å². The fourth-order valence-electron chi connectivity index (χ4n) is 1.89. The molecule has 1 fully saturated rings. The second-order valence-electron chi connectivity index (χ2n) is 3.96. The first-order chi connectivity index (χ1) is 7.15. The summed E-state index contributed by atoms with van der Waals surface area (Å²) in [5, 5.41) is 0. The van der Waals surface area contributed by atoms with Gasteiger partial charge in [0, 0.05) is 13.1 Å². The summed E-state index contributed by atoms with van der Waals surface area (Å²) in [6.45, 7) is 5.79. The Balaban J connectivity index is 2.16. The lowest BCUT2D eigenvalue weighted by Crippen LogP contribution is -2.45. The summed E-state index contributed by atoms with van der Waals surface area (Å²) in [4.78, 5) is 10.4. The van der Waals surface area contributed by atoms with Crippen molar-refractivity contribution in [3.8, 4) is 0 Å². The molecule has 2 N–H and O–H groups in total. The number of nitrogens with zero attached hydrogens (tertiary/aromatic N) is 3. The zero-order valence-corrected chi connectivity index (χ0v) is 9.05. The van der Waals surface area contributed by atoms with Gasteiger partial charge in [-0.3, -0.25) is 4.98 Å². The number of rotatable bonds is 1. The van der Waals surface area contributed by atoms with Crippen molar-refractivity contribution >= 4 is 11.6 Å². The van der Waals surface area contributed by atoms with Crippen LogP contribution in [0.25, 0.3) is 0 Å². The lowest BCUT2D eigenvalue weighted by atomic mass is 10.2. The van der Waals surface area contributed by atoms with Gasteiger partial charge in [-0.05, 0) is 13.8 Å². The van der Waals surface area contributed by atoms with Crippen molar-refractivity contribution in [1.82, 2.24) is 9.97 Å². The Hall–Kier alpha value is -1.36. The maximum absolute atomic E-state index is 5.65. The lowest BCUT2D eigenvalue weighted by Gasteiger charge is -2.35. The van der Waals surface area contributed by atoms with E-state index < -0.39 is 0 Å². The SMILES string of the molecule is CC1CN(c2cncc(N)n2)CC(C)O1. The van der Waals surface area contributed by atoms with Crippen molar-refractivity contribution in [2.24, 2.45) is 0 Å². The van der Waals surface area contributed by atoms with Crippen LogP contribution in [0.2, 0.25) is 0 Å². The third-order valence-electron chi connectivity index (χ3n) is 2.38. The zero-order valence-electron chi connectivity index (χ0n) is 9.05. The third-order valence-corrected chi connectivity index (χ3v) is 2.38. The lowest BCUT2D eigenvalue weighted by molar-refractivity contribution is -0.00547. The highest BCUT2D eigenvalue weighted by Gasteiger charge is 2.23. The molecule has 0 spiro atoms. The standard InChI is InChI=1S/C10H16N4O/c1-7-5-14(6-8(2)15-7)10-4-12-3-9(11)13-10/h3-4,7-8H,5-6H2,1-2H3,(H2,11,13). The van der Waals surface area contributed by atoms with Gasteiger partial charge < -0.3 is 15.4 Å². The maximum Gasteiger partial charge on any atom is 0.149 e. The van der Waals surface area contributed by atoms with Gasteiger partial charge in [0.15, 0.2) is 0 Å². The molecule has 1 aromatic heterocycles. The van der Waals surface area contributed by atoms with Crippen LogP contribution < -0.4 is 10.6 Å². The number of hydrogen-bond donors (Lipinski definition) is 1. The summed E-state index contributed by atoms with van der Waals surface area (Å²) in [6, 6.07) is 0. The topological polar surface area (TPSA) is 64.3 Å². The highest BCUT2D eigenvalue weighted by atomic mass is 16.5. The van der Waals surface area contributed by atoms with Crippen LogP contribution in [0.5, 0.6) is 0 Å². The number of ether oxygens (including phenoxy) is 1. The fourth-order valence-corrected chi connectivity index (χ4v) is 1.89. The quantitative estimate of drug-likeness (QED) is 0.735. The Morgan fingerprint density at radius 3 is 2.60 bits per heavy atom. The van der Waals surface area contributed by atoms with Crippen molar-refractivity contribution < 1.29 is 4.74 Å². The minimum atomic E-state index is 0.219. The van der Waals surface area contributed by atoms with Gasteiger partial charge in [-0.2, -0.15) is 0 Å². The number of morpholine rings is 1. The molecule has 5 nitrogen and oxygen atoms in total. The molecular formula is C10H16N4O. The zero-order chi connectivity index (χ0) is 10.8. The Kier molecular flexibility index (Phi) is 2.73. The number of anilines is 2. The van der Waals surface area contributed by atoms with Crippen molar-refractivity contribution in [2.45, 2.75) is 26.1 Å². The molecule has 0 bridgehead atoms. The molecule has 2 unspecified atom stereocenters. The summed E-state index contributed by atoms with van der Waals surface area (Å²) in [5.74, 6) is 1.29. The van der Waals surface area contributed by atoms with E-state index in [2.05, 4.69) is 28.7 Å². The molecule has 5 heteroatoms. The van der Waals surface area contributed by atoms with Crippen molar-refractivity contribution in [3.05, 3.63) is 12.4 Å². The van der Waals surface area contributed by atoms with E-state index in [1.54, 1.807) is 12.4 Å². The van der Waals surface area contributed by atoms with E-state index in [4.69, 9.17) is 10.5 Å². The summed E-state index contributed by atoms with van der Waals surface area (Å²) in [7, 11) is 0. The highest BCUT2D eigenvalue weighted by molar-refractivity contribution is 5.42. The molecule has 0 aliphatic carbocycles. The number of aromatic nitrogens is 2. The smallest absolute Gasteiger partial charge is 0.149 e. The average molecular weight is 208 g/mol. The maximum atomic E-state index is 5.65. The highest BCUT2D eigenvalue weighted by Crippen LogP contribution is 2.17. The van der Waals surface area contributed by atoms with Gasteiger partial charge in [-0.1, -0.05) is 0 Å². The van der Waals surface area contributed by atoms with E-state index in [1.807, 2.05) is 0 Å². The van der Waals surface area contributed by atoms with Crippen molar-refractivity contribution in [3.63, 3.8) is 0 Å². The van der Waals surface area contributed by atoms with Crippen LogP contribution >= 0.6 is 0 Å². The van der Waals surface area contributed by atoms with E-state index in [1.165, 1.54) is 0 Å². The summed E-state index contributed by atoms with van der Waals surface area (Å²) in [5.41, 5.74) is 5.60. The average Bonchev–Trinajstić information content (AvgIpc) is 2.16. The molecule has 0 radical (unpaired) electrons. The van der Waals surface area contributed by atoms with E-state index in [0.717, 1.165) is 18.9 Å². The van der Waals surface area contributed by atoms with Gasteiger partial charge in [0.2, 0.25) is 0 Å². The van der Waals surface area contributed by atoms with Gasteiger partial charge >= 0.3 is 0 Å². The predicted octanol–water partition coefficient (Wildman–Crippen LogP) is 0.672. The monoisotopic (exact) mass is 208 g/mol. The van der Waals surface area contributed by atoms with Gasteiger partial charge in [0.05, 0.1) is 24.6 Å². The van der Waals surface area contributed by atoms with Crippen LogP contribution in [0, 0.1) is 0 Å². The predicted molar refractivity (Wildman–Crippen MR) is 58.7 cm³/mol. The van der Waals surface area contributed by atoms with Gasteiger partial charge in [0.25, 0.3) is 0 Å². The summed E-state index contributed by atoms with van der Waals surface area (Å²) >= 11 is 0. The molecule has 2 atom stereocenters. The van der Waals surface area contributed by atoms with Crippen molar-refractivity contribution in [1.29, 1.82) is 0 Å². The van der Waals surface area contributed by atoms with E-state index >= 15 is 0 Å². The molecule has 1 aliphatic heterocycles. The Morgan fingerprint density at radius 1 is 1.33 bits per heavy atom. The molecule has 2 rings (SSSR count). The number of nitrogen functional groups attached to an aromatic ring is 1. The van der Waals surface area contributed by atoms with Gasteiger partial charge in [0.1, 0.15) is 11.6 Å². The van der Waals surface area contributed by atoms with Crippen LogP contribution in [0.15, 0.2) is 12.4 Å². The molecule has 0 aromatic carbocycles. The van der Waals surface area contributed by atoms with Gasteiger partial charge in [-0.25, -0.2) is 4.98 Å². The van der Waals surface area contributed by atoms with Crippen LogP contribution in [-0.4, -0.2) is 35.3 Å². The molecule has 0 amide bonds. The van der Waals surface area contributed by atoms with Crippen molar-refractivity contribution in [2.75, 3.05) is 23.7 Å². The molecule has 1 aliphatic rings. The molecule has 82 valence electrons. The summed E-state index contributed by atoms with van der Waals surface area (Å²) in [6.07, 6.45) is 3.73. The Morgan fingerprint density at radius 2 is 2.00 bits per heavy atom. The van der Waals surface area contributed by atoms with Crippen LogP contribution in [0.3, 0.4) is 0 Å². The van der Waals surface area contributed by atoms with E-state index in [-0.39, 0.29) is 12.2 Å². The van der Waals surface area contributed by atoms with E-state index in [0.29, 0.717) is 5.82 Å². The first-order valence-corrected chi connectivity index (χ1v) is 5.13. The molecule has 15 heavy (non-hydrogen) atoms. The molecular weight excluding hydrogens is 192 g/mol. The first-order valence-electron chi connectivity index (χ1n) is 5.13. The number of hydrogen-bond acceptors (Lipinski definition) is 5. The molecule has 1 saturated heterocycles. The second kappa shape index (κ2) is 4.02. The molecule has 2 heterocycles.